The summed E-state index contributed by atoms with van der Waals surface area (Å²) in [5.74, 6) is -1.49. The number of nitrogens with one attached hydrogen (secondary N) is 2. The van der Waals surface area contributed by atoms with Gasteiger partial charge in [0.1, 0.15) is 12.4 Å². The van der Waals surface area contributed by atoms with Gasteiger partial charge in [0.15, 0.2) is 0 Å². The quantitative estimate of drug-likeness (QED) is 0.291. The van der Waals surface area contributed by atoms with Gasteiger partial charge in [0.2, 0.25) is 17.8 Å². The van der Waals surface area contributed by atoms with E-state index in [0.29, 0.717) is 34.1 Å². The zero-order valence-electron chi connectivity index (χ0n) is 27.7. The third-order valence-electron chi connectivity index (χ3n) is 10.2. The Morgan fingerprint density at radius 3 is 2.33 bits per heavy atom. The molecule has 5 heterocycles. The molecule has 250 valence electrons. The smallest absolute Gasteiger partial charge is 0.265 e. The van der Waals surface area contributed by atoms with Crippen LogP contribution in [0.4, 0.5) is 11.6 Å². The molecular weight excluding hydrogens is 626 g/mol. The first-order valence-electron chi connectivity index (χ1n) is 17.1. The summed E-state index contributed by atoms with van der Waals surface area (Å²) in [6.45, 7) is 3.34. The first kappa shape index (κ1) is 29.6. The van der Waals surface area contributed by atoms with E-state index in [0.717, 1.165) is 62.4 Å². The lowest BCUT2D eigenvalue weighted by molar-refractivity contribution is -0.136. The van der Waals surface area contributed by atoms with E-state index >= 15 is 0 Å². The van der Waals surface area contributed by atoms with Crippen LogP contribution >= 0.6 is 0 Å². The number of imide groups is 2. The predicted octanol–water partition coefficient (Wildman–Crippen LogP) is 2.12. The number of nitrogens with zero attached hydrogens (tertiary/aromatic N) is 7. The van der Waals surface area contributed by atoms with Gasteiger partial charge in [-0.2, -0.15) is 0 Å². The summed E-state index contributed by atoms with van der Waals surface area (Å²) in [5, 5.41) is 6.06. The number of anilines is 2. The van der Waals surface area contributed by atoms with E-state index in [2.05, 4.69) is 35.4 Å². The number of benzene rings is 2. The van der Waals surface area contributed by atoms with E-state index in [1.807, 2.05) is 6.07 Å². The Morgan fingerprint density at radius 2 is 1.57 bits per heavy atom. The molecule has 49 heavy (non-hydrogen) atoms. The summed E-state index contributed by atoms with van der Waals surface area (Å²) in [4.78, 5) is 82.4. The van der Waals surface area contributed by atoms with Crippen molar-refractivity contribution in [2.24, 2.45) is 0 Å². The lowest BCUT2D eigenvalue weighted by Gasteiger charge is -2.42. The molecule has 1 unspecified atom stereocenters. The fraction of sp³-hybridized carbons (Fsp3) is 0.371. The number of carbonyl (C=O) groups excluding carboxylic acids is 4. The SMILES string of the molecule is [2H]c1ccc2ncn(-c3cnc(NC4CCC(N5CCN(c6ccc7c(c6)C(=O)N(C6CCC(=O)NC6=O)C7=O)CC5)CC4)nc3)c(=O)c2c1. The zero-order chi connectivity index (χ0) is 34.5. The van der Waals surface area contributed by atoms with Crippen molar-refractivity contribution in [3.8, 4) is 5.69 Å². The number of piperazine rings is 1. The van der Waals surface area contributed by atoms with Crippen molar-refractivity contribution >= 4 is 46.2 Å². The van der Waals surface area contributed by atoms with E-state index in [1.165, 1.54) is 17.0 Å². The van der Waals surface area contributed by atoms with Gasteiger partial charge in [-0.15, -0.1) is 0 Å². The fourth-order valence-corrected chi connectivity index (χ4v) is 7.48. The molecule has 3 fully saturated rings. The molecule has 14 heteroatoms. The molecule has 0 spiro atoms. The van der Waals surface area contributed by atoms with Gasteiger partial charge in [-0.3, -0.25) is 43.7 Å². The average molecular weight is 663 g/mol. The standard InChI is InChI=1S/C35H35N9O5/c45-30-12-11-29(31(46)40-30)44-33(48)25-10-9-23(17-27(25)34(44)49)42-15-13-41(14-16-42)22-7-5-21(6-8-22)39-35-36-18-24(19-37-35)43-20-38-28-4-2-1-3-26(28)32(43)47/h1-4,9-10,17-22,29H,5-8,11-16H2,(H,36,37,39)(H,40,45,46)/i1D. The van der Waals surface area contributed by atoms with Gasteiger partial charge in [0, 0.05) is 50.4 Å². The van der Waals surface area contributed by atoms with E-state index in [9.17, 15) is 24.0 Å². The topological polar surface area (TPSA) is 163 Å². The number of carbonyl (C=O) groups is 4. The molecule has 8 rings (SSSR count). The van der Waals surface area contributed by atoms with Crippen LogP contribution in [-0.4, -0.2) is 97.3 Å². The van der Waals surface area contributed by atoms with Crippen molar-refractivity contribution in [3.05, 3.63) is 82.6 Å². The van der Waals surface area contributed by atoms with Gasteiger partial charge in [0.05, 0.1) is 41.5 Å². The molecule has 3 aliphatic heterocycles. The Morgan fingerprint density at radius 1 is 0.816 bits per heavy atom. The first-order chi connectivity index (χ1) is 24.2. The maximum absolute atomic E-state index is 13.3. The minimum atomic E-state index is -0.976. The number of rotatable bonds is 6. The fourth-order valence-electron chi connectivity index (χ4n) is 7.48. The molecule has 2 aromatic carbocycles. The summed E-state index contributed by atoms with van der Waals surface area (Å²) in [6.07, 6.45) is 8.91. The second kappa shape index (κ2) is 12.5. The number of hydrogen-bond donors (Lipinski definition) is 2. The Kier molecular flexibility index (Phi) is 7.56. The summed E-state index contributed by atoms with van der Waals surface area (Å²) >= 11 is 0. The highest BCUT2D eigenvalue weighted by Gasteiger charge is 2.45. The molecule has 0 radical (unpaired) electrons. The molecule has 2 saturated heterocycles. The molecule has 4 aliphatic rings. The van der Waals surface area contributed by atoms with Gasteiger partial charge in [-0.05, 0) is 62.4 Å². The summed E-state index contributed by atoms with van der Waals surface area (Å²) in [7, 11) is 0. The van der Waals surface area contributed by atoms with Crippen LogP contribution in [0.15, 0.2) is 66.0 Å². The first-order valence-corrected chi connectivity index (χ1v) is 16.6. The third-order valence-corrected chi connectivity index (χ3v) is 10.2. The highest BCUT2D eigenvalue weighted by Crippen LogP contribution is 2.32. The normalized spacial score (nSPS) is 23.4. The molecule has 4 aromatic rings. The number of aromatic nitrogens is 4. The van der Waals surface area contributed by atoms with E-state index < -0.39 is 29.7 Å². The van der Waals surface area contributed by atoms with Gasteiger partial charge in [-0.25, -0.2) is 15.0 Å². The number of hydrogen-bond acceptors (Lipinski definition) is 11. The zero-order valence-corrected chi connectivity index (χ0v) is 26.7. The van der Waals surface area contributed by atoms with Crippen LogP contribution in [0.25, 0.3) is 16.6 Å². The molecule has 1 aliphatic carbocycles. The van der Waals surface area contributed by atoms with E-state index in [4.69, 9.17) is 1.37 Å². The average Bonchev–Trinajstić information content (AvgIpc) is 3.38. The predicted molar refractivity (Wildman–Crippen MR) is 179 cm³/mol. The maximum Gasteiger partial charge on any atom is 0.265 e. The van der Waals surface area contributed by atoms with Crippen LogP contribution in [0, 0.1) is 0 Å². The van der Waals surface area contributed by atoms with Gasteiger partial charge < -0.3 is 10.2 Å². The minimum Gasteiger partial charge on any atom is -0.369 e. The third kappa shape index (κ3) is 5.71. The highest BCUT2D eigenvalue weighted by atomic mass is 16.2. The Bertz CT molecular complexity index is 2090. The Balaban J connectivity index is 0.836. The molecule has 1 atom stereocenters. The summed E-state index contributed by atoms with van der Waals surface area (Å²) in [6, 6.07) is 10.0. The van der Waals surface area contributed by atoms with Gasteiger partial charge in [-0.1, -0.05) is 12.1 Å². The molecule has 14 nitrogen and oxygen atoms in total. The highest BCUT2D eigenvalue weighted by molar-refractivity contribution is 6.23. The number of para-hydroxylation sites is 1. The summed E-state index contributed by atoms with van der Waals surface area (Å²) in [5.41, 5.74) is 2.23. The largest absolute Gasteiger partial charge is 0.369 e. The van der Waals surface area contributed by atoms with Crippen LogP contribution in [-0.2, 0) is 9.59 Å². The Hall–Kier alpha value is -5.50. The van der Waals surface area contributed by atoms with Crippen molar-refractivity contribution in [2.45, 2.75) is 56.7 Å². The van der Waals surface area contributed by atoms with Gasteiger partial charge >= 0.3 is 0 Å². The maximum atomic E-state index is 13.3. The number of piperidine rings is 1. The molecule has 2 N–H and O–H groups in total. The van der Waals surface area contributed by atoms with E-state index in [-0.39, 0.29) is 36.0 Å². The number of amides is 4. The van der Waals surface area contributed by atoms with Crippen LogP contribution in [0.1, 0.15) is 60.6 Å². The second-order valence-electron chi connectivity index (χ2n) is 13.0. The second-order valence-corrected chi connectivity index (χ2v) is 13.0. The van der Waals surface area contributed by atoms with Crippen LogP contribution in [0.3, 0.4) is 0 Å². The lowest BCUT2D eigenvalue weighted by atomic mass is 9.90. The van der Waals surface area contributed by atoms with Crippen molar-refractivity contribution in [3.63, 3.8) is 0 Å². The number of fused-ring (bicyclic) bond motifs is 2. The molecule has 0 bridgehead atoms. The van der Waals surface area contributed by atoms with Crippen molar-refractivity contribution in [2.75, 3.05) is 36.4 Å². The molecular formula is C35H35N9O5. The van der Waals surface area contributed by atoms with Crippen LogP contribution in [0.2, 0.25) is 0 Å². The van der Waals surface area contributed by atoms with Crippen molar-refractivity contribution in [1.82, 2.24) is 34.6 Å². The molecule has 2 aromatic heterocycles. The monoisotopic (exact) mass is 662 g/mol. The summed E-state index contributed by atoms with van der Waals surface area (Å²) < 4.78 is 9.22. The van der Waals surface area contributed by atoms with Crippen molar-refractivity contribution in [1.29, 1.82) is 0 Å². The van der Waals surface area contributed by atoms with Gasteiger partial charge in [0.25, 0.3) is 17.4 Å². The molecule has 4 amide bonds. The van der Waals surface area contributed by atoms with Crippen molar-refractivity contribution < 1.29 is 20.5 Å². The Labute approximate surface area is 282 Å². The minimum absolute atomic E-state index is 0.0885. The van der Waals surface area contributed by atoms with E-state index in [1.54, 1.807) is 36.7 Å². The molecule has 1 saturated carbocycles. The van der Waals surface area contributed by atoms with Crippen LogP contribution < -0.4 is 21.1 Å². The van der Waals surface area contributed by atoms with Crippen LogP contribution in [0.5, 0.6) is 0 Å². The lowest BCUT2D eigenvalue weighted by Crippen LogP contribution is -2.54.